The fraction of sp³-hybridized carbons (Fsp3) is 0.0476. The van der Waals surface area contributed by atoms with Gasteiger partial charge in [-0.3, -0.25) is 0 Å². The molecule has 0 aliphatic heterocycles. The fourth-order valence-corrected chi connectivity index (χ4v) is 2.32. The Bertz CT molecular complexity index is 835. The van der Waals surface area contributed by atoms with Crippen LogP contribution in [0.5, 0.6) is 5.75 Å². The van der Waals surface area contributed by atoms with Gasteiger partial charge in [0.1, 0.15) is 18.2 Å². The van der Waals surface area contributed by atoms with Crippen LogP contribution in [0.25, 0.3) is 16.8 Å². The van der Waals surface area contributed by atoms with E-state index < -0.39 is 6.67 Å². The molecule has 0 atom stereocenters. The Labute approximate surface area is 135 Å². The van der Waals surface area contributed by atoms with Gasteiger partial charge in [0.05, 0.1) is 0 Å². The molecule has 0 aliphatic carbocycles. The summed E-state index contributed by atoms with van der Waals surface area (Å²) in [5, 5.41) is 2.21. The summed E-state index contributed by atoms with van der Waals surface area (Å²) in [6, 6.07) is 23.6. The summed E-state index contributed by atoms with van der Waals surface area (Å²) in [6.45, 7) is -0.647. The van der Waals surface area contributed by atoms with Gasteiger partial charge in [0.2, 0.25) is 0 Å². The minimum absolute atomic E-state index is 0.285. The third kappa shape index (κ3) is 4.07. The molecular weight excluding hydrogens is 287 g/mol. The third-order valence-electron chi connectivity index (χ3n) is 3.47. The number of alkyl halides is 1. The molecule has 3 aromatic carbocycles. The second kappa shape index (κ2) is 7.41. The molecule has 0 heterocycles. The standard InChI is InChI=1S/C21H17FO/c22-16-21(12-6-9-17-7-2-1-3-8-17)23-20-14-13-18-10-4-5-11-19(18)15-20/h1-15H,16H2/b9-6-,21-12-. The van der Waals surface area contributed by atoms with E-state index in [-0.39, 0.29) is 5.76 Å². The molecule has 1 nitrogen and oxygen atoms in total. The van der Waals surface area contributed by atoms with Gasteiger partial charge in [-0.1, -0.05) is 72.8 Å². The van der Waals surface area contributed by atoms with Gasteiger partial charge in [0, 0.05) is 0 Å². The predicted octanol–water partition coefficient (Wildman–Crippen LogP) is 5.79. The molecular formula is C21H17FO. The first-order valence-electron chi connectivity index (χ1n) is 7.50. The van der Waals surface area contributed by atoms with E-state index >= 15 is 0 Å². The van der Waals surface area contributed by atoms with Gasteiger partial charge in [-0.25, -0.2) is 4.39 Å². The molecule has 0 bridgehead atoms. The number of halogens is 1. The minimum atomic E-state index is -0.647. The smallest absolute Gasteiger partial charge is 0.147 e. The number of hydrogen-bond acceptors (Lipinski definition) is 1. The van der Waals surface area contributed by atoms with Crippen molar-refractivity contribution in [3.05, 3.63) is 96.3 Å². The maximum atomic E-state index is 13.2. The quantitative estimate of drug-likeness (QED) is 0.428. The zero-order chi connectivity index (χ0) is 15.9. The van der Waals surface area contributed by atoms with Crippen LogP contribution >= 0.6 is 0 Å². The van der Waals surface area contributed by atoms with Crippen molar-refractivity contribution in [1.29, 1.82) is 0 Å². The van der Waals surface area contributed by atoms with Crippen molar-refractivity contribution in [2.75, 3.05) is 6.67 Å². The summed E-state index contributed by atoms with van der Waals surface area (Å²) in [6.07, 6.45) is 5.37. The zero-order valence-corrected chi connectivity index (χ0v) is 12.7. The second-order valence-electron chi connectivity index (χ2n) is 5.15. The van der Waals surface area contributed by atoms with E-state index in [1.807, 2.05) is 78.9 Å². The largest absolute Gasteiger partial charge is 0.459 e. The van der Waals surface area contributed by atoms with Gasteiger partial charge in [0.25, 0.3) is 0 Å². The summed E-state index contributed by atoms with van der Waals surface area (Å²) in [7, 11) is 0. The van der Waals surface area contributed by atoms with E-state index in [0.29, 0.717) is 5.75 Å². The zero-order valence-electron chi connectivity index (χ0n) is 12.7. The number of allylic oxidation sites excluding steroid dienone is 3. The van der Waals surface area contributed by atoms with Crippen LogP contribution in [0.4, 0.5) is 4.39 Å². The monoisotopic (exact) mass is 304 g/mol. The Hall–Kier alpha value is -2.87. The third-order valence-corrected chi connectivity index (χ3v) is 3.47. The highest BCUT2D eigenvalue weighted by molar-refractivity contribution is 5.83. The summed E-state index contributed by atoms with van der Waals surface area (Å²) >= 11 is 0. The van der Waals surface area contributed by atoms with Gasteiger partial charge in [0.15, 0.2) is 0 Å². The van der Waals surface area contributed by atoms with Crippen LogP contribution in [0.15, 0.2) is 90.7 Å². The first-order valence-corrected chi connectivity index (χ1v) is 7.50. The molecule has 0 spiro atoms. The molecule has 0 aromatic heterocycles. The lowest BCUT2D eigenvalue weighted by atomic mass is 10.1. The Balaban J connectivity index is 1.75. The number of fused-ring (bicyclic) bond motifs is 1. The van der Waals surface area contributed by atoms with Crippen molar-refractivity contribution in [1.82, 2.24) is 0 Å². The van der Waals surface area contributed by atoms with Crippen LogP contribution in [0.1, 0.15) is 5.56 Å². The van der Waals surface area contributed by atoms with Crippen LogP contribution < -0.4 is 4.74 Å². The fourth-order valence-electron chi connectivity index (χ4n) is 2.32. The van der Waals surface area contributed by atoms with Crippen LogP contribution in [0, 0.1) is 0 Å². The normalized spacial score (nSPS) is 12.0. The molecule has 0 fully saturated rings. The lowest BCUT2D eigenvalue weighted by Crippen LogP contribution is -1.96. The highest BCUT2D eigenvalue weighted by Crippen LogP contribution is 2.22. The Morgan fingerprint density at radius 3 is 2.39 bits per heavy atom. The van der Waals surface area contributed by atoms with Gasteiger partial charge >= 0.3 is 0 Å². The molecule has 0 amide bonds. The molecule has 114 valence electrons. The second-order valence-corrected chi connectivity index (χ2v) is 5.15. The van der Waals surface area contributed by atoms with Crippen molar-refractivity contribution in [2.24, 2.45) is 0 Å². The first-order chi connectivity index (χ1) is 11.3. The highest BCUT2D eigenvalue weighted by atomic mass is 19.1. The van der Waals surface area contributed by atoms with E-state index in [1.165, 1.54) is 0 Å². The number of hydrogen-bond donors (Lipinski definition) is 0. The molecule has 0 saturated heterocycles. The highest BCUT2D eigenvalue weighted by Gasteiger charge is 2.01. The molecule has 0 unspecified atom stereocenters. The van der Waals surface area contributed by atoms with E-state index in [4.69, 9.17) is 4.74 Å². The Morgan fingerprint density at radius 2 is 1.61 bits per heavy atom. The Kier molecular flexibility index (Phi) is 4.85. The predicted molar refractivity (Wildman–Crippen MR) is 94.1 cm³/mol. The molecule has 3 aromatic rings. The summed E-state index contributed by atoms with van der Waals surface area (Å²) in [4.78, 5) is 0. The maximum absolute atomic E-state index is 13.2. The van der Waals surface area contributed by atoms with Gasteiger partial charge in [-0.2, -0.15) is 0 Å². The topological polar surface area (TPSA) is 9.23 Å². The van der Waals surface area contributed by atoms with Crippen LogP contribution in [-0.4, -0.2) is 6.67 Å². The molecule has 3 rings (SSSR count). The molecule has 23 heavy (non-hydrogen) atoms. The lowest BCUT2D eigenvalue weighted by Gasteiger charge is -2.07. The summed E-state index contributed by atoms with van der Waals surface area (Å²) < 4.78 is 18.8. The molecule has 0 saturated carbocycles. The number of rotatable bonds is 5. The Morgan fingerprint density at radius 1 is 0.870 bits per heavy atom. The maximum Gasteiger partial charge on any atom is 0.147 e. The minimum Gasteiger partial charge on any atom is -0.459 e. The van der Waals surface area contributed by atoms with Crippen molar-refractivity contribution in [3.8, 4) is 5.75 Å². The van der Waals surface area contributed by atoms with Crippen LogP contribution in [0.3, 0.4) is 0 Å². The van der Waals surface area contributed by atoms with E-state index in [0.717, 1.165) is 16.3 Å². The van der Waals surface area contributed by atoms with Crippen LogP contribution in [-0.2, 0) is 0 Å². The van der Waals surface area contributed by atoms with E-state index in [9.17, 15) is 4.39 Å². The van der Waals surface area contributed by atoms with Gasteiger partial charge in [-0.15, -0.1) is 0 Å². The summed E-state index contributed by atoms with van der Waals surface area (Å²) in [5.74, 6) is 0.924. The van der Waals surface area contributed by atoms with Crippen LogP contribution in [0.2, 0.25) is 0 Å². The molecule has 0 radical (unpaired) electrons. The summed E-state index contributed by atoms with van der Waals surface area (Å²) in [5.41, 5.74) is 1.06. The van der Waals surface area contributed by atoms with Gasteiger partial charge < -0.3 is 4.74 Å². The lowest BCUT2D eigenvalue weighted by molar-refractivity contribution is 0.359. The molecule has 0 aliphatic rings. The molecule has 0 N–H and O–H groups in total. The average Bonchev–Trinajstić information content (AvgIpc) is 2.61. The SMILES string of the molecule is FC/C(=C/C=C\c1ccccc1)Oc1ccc2ccccc2c1. The van der Waals surface area contributed by atoms with Crippen molar-refractivity contribution in [2.45, 2.75) is 0 Å². The average molecular weight is 304 g/mol. The number of benzene rings is 3. The molecule has 2 heteroatoms. The van der Waals surface area contributed by atoms with Crippen molar-refractivity contribution >= 4 is 16.8 Å². The van der Waals surface area contributed by atoms with Crippen molar-refractivity contribution in [3.63, 3.8) is 0 Å². The van der Waals surface area contributed by atoms with E-state index in [2.05, 4.69) is 0 Å². The van der Waals surface area contributed by atoms with Gasteiger partial charge in [-0.05, 0) is 34.5 Å². The first kappa shape index (κ1) is 15.0. The number of ether oxygens (including phenoxy) is 1. The van der Waals surface area contributed by atoms with Crippen molar-refractivity contribution < 1.29 is 9.13 Å². The van der Waals surface area contributed by atoms with E-state index in [1.54, 1.807) is 12.2 Å².